The van der Waals surface area contributed by atoms with Crippen LogP contribution in [0, 0.1) is 28.1 Å². The first-order valence-electron chi connectivity index (χ1n) is 18.0. The van der Waals surface area contributed by atoms with Crippen molar-refractivity contribution in [1.82, 2.24) is 50.3 Å². The van der Waals surface area contributed by atoms with E-state index in [1.54, 1.807) is 74.2 Å². The Labute approximate surface area is 325 Å². The summed E-state index contributed by atoms with van der Waals surface area (Å²) < 4.78 is 0. The van der Waals surface area contributed by atoms with Crippen molar-refractivity contribution in [3.63, 3.8) is 0 Å². The van der Waals surface area contributed by atoms with E-state index in [0.717, 1.165) is 11.8 Å². The first-order valence-corrected chi connectivity index (χ1v) is 18.0. The van der Waals surface area contributed by atoms with Crippen LogP contribution in [0.25, 0.3) is 0 Å². The monoisotopic (exact) mass is 733 g/mol. The lowest BCUT2D eigenvalue weighted by Gasteiger charge is -2.05. The van der Waals surface area contributed by atoms with Crippen molar-refractivity contribution in [2.75, 3.05) is 0 Å². The molecule has 0 N–H and O–H groups in total. The highest BCUT2D eigenvalue weighted by atomic mass is 15.1. The van der Waals surface area contributed by atoms with Crippen LogP contribution in [0.5, 0.6) is 0 Å². The number of pyridine rings is 1. The molecule has 0 radical (unpaired) electrons. The second-order valence-electron chi connectivity index (χ2n) is 17.0. The van der Waals surface area contributed by atoms with E-state index >= 15 is 0 Å². The minimum Gasteiger partial charge on any atom is -0.265 e. The van der Waals surface area contributed by atoms with Crippen molar-refractivity contribution in [2.24, 2.45) is 28.1 Å². The Hall–Kier alpha value is -4.60. The molecule has 0 aliphatic rings. The fourth-order valence-electron chi connectivity index (χ4n) is 1.28. The van der Waals surface area contributed by atoms with Crippen LogP contribution in [-0.4, -0.2) is 50.3 Å². The molecule has 10 nitrogen and oxygen atoms in total. The molecule has 0 amide bonds. The molecule has 0 atom stereocenters. The molecule has 0 spiro atoms. The third kappa shape index (κ3) is 151. The Kier molecular flexibility index (Phi) is 45.6. The summed E-state index contributed by atoms with van der Waals surface area (Å²) in [5.41, 5.74) is 1.50. The van der Waals surface area contributed by atoms with Crippen molar-refractivity contribution >= 4 is 0 Å². The van der Waals surface area contributed by atoms with Gasteiger partial charge in [0.15, 0.2) is 0 Å². The van der Waals surface area contributed by atoms with E-state index in [4.69, 9.17) is 0 Å². The number of hydrogen-bond donors (Lipinski definition) is 0. The van der Waals surface area contributed by atoms with Gasteiger partial charge in [-0.05, 0) is 58.4 Å². The van der Waals surface area contributed by atoms with Gasteiger partial charge in [-0.25, -0.2) is 15.0 Å². The van der Waals surface area contributed by atoms with Gasteiger partial charge in [-0.1, -0.05) is 131 Å². The average Bonchev–Trinajstić information content (AvgIpc) is 3.07. The van der Waals surface area contributed by atoms with Gasteiger partial charge < -0.3 is 0 Å². The molecular weight excluding hydrogens is 657 g/mol. The van der Waals surface area contributed by atoms with Crippen LogP contribution in [0.1, 0.15) is 125 Å². The third-order valence-electron chi connectivity index (χ3n) is 2.41. The molecule has 0 saturated carbocycles. The quantitative estimate of drug-likeness (QED) is 0.152. The molecule has 5 heterocycles. The number of aromatic nitrogens is 10. The summed E-state index contributed by atoms with van der Waals surface area (Å²) in [7, 11) is 0. The molecule has 0 saturated heterocycles. The average molecular weight is 733 g/mol. The van der Waals surface area contributed by atoms with Gasteiger partial charge in [0.1, 0.15) is 12.7 Å². The largest absolute Gasteiger partial charge is 0.265 e. The normalized spacial score (nSPS) is 9.28. The minimum absolute atomic E-state index is 0.500. The Bertz CT molecular complexity index is 870. The molecule has 10 heteroatoms. The second-order valence-corrected chi connectivity index (χ2v) is 17.0. The number of nitrogens with zero attached hydrogens (tertiary/aromatic N) is 10. The zero-order valence-electron chi connectivity index (χ0n) is 36.7. The summed E-state index contributed by atoms with van der Waals surface area (Å²) in [6.45, 7) is 39.2. The van der Waals surface area contributed by atoms with Crippen LogP contribution in [0.15, 0.2) is 123 Å². The summed E-state index contributed by atoms with van der Waals surface area (Å²) in [6.07, 6.45) is 22.7. The van der Waals surface area contributed by atoms with Gasteiger partial charge in [0, 0.05) is 68.2 Å². The molecule has 0 unspecified atom stereocenters. The zero-order valence-corrected chi connectivity index (χ0v) is 36.7. The van der Waals surface area contributed by atoms with Gasteiger partial charge in [-0.3, -0.25) is 15.0 Å². The first kappa shape index (κ1) is 57.7. The minimum atomic E-state index is 0.500. The maximum absolute atomic E-state index is 3.78. The summed E-state index contributed by atoms with van der Waals surface area (Å²) in [4.78, 5) is 22.2. The predicted molar refractivity (Wildman–Crippen MR) is 227 cm³/mol. The van der Waals surface area contributed by atoms with Gasteiger partial charge in [-0.15, -0.1) is 5.10 Å². The molecule has 0 aliphatic heterocycles. The maximum atomic E-state index is 3.78. The summed E-state index contributed by atoms with van der Waals surface area (Å²) in [5.74, 6) is 1.67. The van der Waals surface area contributed by atoms with Crippen molar-refractivity contribution in [1.29, 1.82) is 0 Å². The topological polar surface area (TPSA) is 129 Å². The van der Waals surface area contributed by atoms with Gasteiger partial charge >= 0.3 is 0 Å². The van der Waals surface area contributed by atoms with Crippen LogP contribution < -0.4 is 0 Å². The van der Waals surface area contributed by atoms with Crippen LogP contribution >= 0.6 is 0 Å². The Morgan fingerprint density at radius 2 is 0.509 bits per heavy atom. The fraction of sp³-hybridized carbons (Fsp3) is 0.535. The molecule has 53 heavy (non-hydrogen) atoms. The van der Waals surface area contributed by atoms with Crippen molar-refractivity contribution in [3.05, 3.63) is 123 Å². The lowest BCUT2D eigenvalue weighted by molar-refractivity contribution is 0.469. The smallest absolute Gasteiger partial charge is 0.138 e. The van der Waals surface area contributed by atoms with Crippen molar-refractivity contribution in [3.8, 4) is 0 Å². The highest BCUT2D eigenvalue weighted by Crippen LogP contribution is 2.09. The Balaban J connectivity index is -0.000000162. The molecule has 5 aromatic rings. The molecule has 0 aromatic carbocycles. The summed E-state index contributed by atoms with van der Waals surface area (Å²) >= 11 is 0. The predicted octanol–water partition coefficient (Wildman–Crippen LogP) is 11.9. The molecule has 0 bridgehead atoms. The van der Waals surface area contributed by atoms with Gasteiger partial charge in [-0.2, -0.15) is 15.3 Å². The van der Waals surface area contributed by atoms with Gasteiger partial charge in [0.05, 0.1) is 6.20 Å². The fourth-order valence-corrected chi connectivity index (χ4v) is 1.28. The van der Waals surface area contributed by atoms with E-state index in [-0.39, 0.29) is 0 Å². The molecule has 0 fully saturated rings. The molecule has 5 rings (SSSR count). The van der Waals surface area contributed by atoms with E-state index < -0.39 is 0 Å². The molecule has 0 aliphatic carbocycles. The molecule has 298 valence electrons. The first-order chi connectivity index (χ1) is 24.5. The van der Waals surface area contributed by atoms with Crippen molar-refractivity contribution < 1.29 is 0 Å². The van der Waals surface area contributed by atoms with E-state index in [0.29, 0.717) is 16.2 Å². The highest BCUT2D eigenvalue weighted by Gasteiger charge is 1.96. The summed E-state index contributed by atoms with van der Waals surface area (Å²) in [6, 6.07) is 11.1. The van der Waals surface area contributed by atoms with E-state index in [1.165, 1.54) is 18.9 Å². The van der Waals surface area contributed by atoms with Crippen LogP contribution in [-0.2, 0) is 0 Å². The SMILES string of the molecule is CC(C)(C)C.CC(C)(C)C.CC(C)(C)C.CC(C)C.CC(C)C.c1ccncc1.c1ccnnc1.c1cnccn1.c1cncnc1.c1cnncn1. The van der Waals surface area contributed by atoms with E-state index in [9.17, 15) is 0 Å². The maximum Gasteiger partial charge on any atom is 0.138 e. The number of rotatable bonds is 0. The lowest BCUT2D eigenvalue weighted by atomic mass is 10.0. The Morgan fingerprint density at radius 3 is 0.604 bits per heavy atom. The van der Waals surface area contributed by atoms with E-state index in [2.05, 4.69) is 175 Å². The van der Waals surface area contributed by atoms with Crippen LogP contribution in [0.4, 0.5) is 0 Å². The molecule has 5 aromatic heterocycles. The van der Waals surface area contributed by atoms with Gasteiger partial charge in [0.2, 0.25) is 0 Å². The second kappa shape index (κ2) is 41.8. The van der Waals surface area contributed by atoms with Crippen LogP contribution in [0.3, 0.4) is 0 Å². The van der Waals surface area contributed by atoms with Gasteiger partial charge in [0.25, 0.3) is 0 Å². The van der Waals surface area contributed by atoms with Crippen molar-refractivity contribution in [2.45, 2.75) is 125 Å². The zero-order chi connectivity index (χ0) is 41.9. The third-order valence-corrected chi connectivity index (χ3v) is 2.41. The highest BCUT2D eigenvalue weighted by molar-refractivity contribution is 4.88. The molecular formula is C43H76N10. The number of hydrogen-bond acceptors (Lipinski definition) is 10. The summed E-state index contributed by atoms with van der Waals surface area (Å²) in [5, 5.41) is 14.0. The lowest BCUT2D eigenvalue weighted by Crippen LogP contribution is -1.93. The van der Waals surface area contributed by atoms with Crippen LogP contribution in [0.2, 0.25) is 0 Å². The van der Waals surface area contributed by atoms with E-state index in [1.807, 2.05) is 30.3 Å². The standard InChI is InChI=1S/C5H5N.3C5H12.3C4H4N2.2C4H10.C3H3N3/c1-2-4-6-5-3-1;3*1-5(2,3)4;1-2-6-4-3-5-1;1-2-5-4-6-3-1;1-2-4-6-5-3-1;2*1-4(2)3;1-2-5-6-3-4-1/h1-5H;3*1-4H3;3*1-4H;2*4H,1-3H3;1-3H. The Morgan fingerprint density at radius 1 is 0.264 bits per heavy atom.